The number of ether oxygens (including phenoxy) is 1. The maximum absolute atomic E-state index is 12.9. The Morgan fingerprint density at radius 2 is 2.00 bits per heavy atom. The third-order valence-electron chi connectivity index (χ3n) is 2.35. The highest BCUT2D eigenvalue weighted by atomic mass is 79.9. The number of pyridine rings is 1. The fourth-order valence-electron chi connectivity index (χ4n) is 1.46. The van der Waals surface area contributed by atoms with Crippen LogP contribution in [0.4, 0.5) is 13.2 Å². The van der Waals surface area contributed by atoms with E-state index in [0.717, 1.165) is 12.1 Å². The fourth-order valence-corrected chi connectivity index (χ4v) is 1.80. The van der Waals surface area contributed by atoms with E-state index in [1.807, 2.05) is 0 Å². The van der Waals surface area contributed by atoms with E-state index in [-0.39, 0.29) is 11.4 Å². The van der Waals surface area contributed by atoms with Gasteiger partial charge in [0.1, 0.15) is 5.75 Å². The molecule has 20 heavy (non-hydrogen) atoms. The van der Waals surface area contributed by atoms with E-state index in [4.69, 9.17) is 10.00 Å². The molecule has 7 heteroatoms. The molecule has 0 saturated carbocycles. The average molecular weight is 343 g/mol. The maximum Gasteiger partial charge on any atom is 0.420 e. The molecule has 0 N–H and O–H groups in total. The lowest BCUT2D eigenvalue weighted by molar-refractivity contribution is -0.138. The minimum Gasteiger partial charge on any atom is -0.437 e. The van der Waals surface area contributed by atoms with Gasteiger partial charge in [0.05, 0.1) is 21.7 Å². The van der Waals surface area contributed by atoms with E-state index in [2.05, 4.69) is 20.9 Å². The molecule has 102 valence electrons. The number of aromatic nitrogens is 1. The number of alkyl halides is 3. The van der Waals surface area contributed by atoms with Gasteiger partial charge < -0.3 is 4.74 Å². The van der Waals surface area contributed by atoms with Crippen LogP contribution in [0.15, 0.2) is 41.0 Å². The van der Waals surface area contributed by atoms with Crippen LogP contribution in [-0.4, -0.2) is 4.98 Å². The minimum absolute atomic E-state index is 0.0164. The molecule has 0 amide bonds. The number of rotatable bonds is 2. The lowest BCUT2D eigenvalue weighted by Gasteiger charge is -2.13. The summed E-state index contributed by atoms with van der Waals surface area (Å²) < 4.78 is 44.4. The predicted octanol–water partition coefficient (Wildman–Crippen LogP) is 4.53. The zero-order valence-corrected chi connectivity index (χ0v) is 11.4. The summed E-state index contributed by atoms with van der Waals surface area (Å²) in [6.45, 7) is 0. The van der Waals surface area contributed by atoms with E-state index >= 15 is 0 Å². The van der Waals surface area contributed by atoms with Gasteiger partial charge in [0, 0.05) is 6.20 Å². The molecule has 3 nitrogen and oxygen atoms in total. The van der Waals surface area contributed by atoms with Crippen molar-refractivity contribution in [1.82, 2.24) is 4.98 Å². The monoisotopic (exact) mass is 342 g/mol. The highest BCUT2D eigenvalue weighted by Crippen LogP contribution is 2.39. The number of benzene rings is 1. The van der Waals surface area contributed by atoms with Crippen molar-refractivity contribution in [3.05, 3.63) is 52.1 Å². The van der Waals surface area contributed by atoms with Gasteiger partial charge in [-0.25, -0.2) is 4.98 Å². The third-order valence-corrected chi connectivity index (χ3v) is 2.95. The van der Waals surface area contributed by atoms with Crippen LogP contribution in [0.1, 0.15) is 11.1 Å². The standard InChI is InChI=1S/C13H6BrF3N2O/c14-10-2-1-5-19-12(10)20-11-4-3-8(7-18)6-9(11)13(15,16)17/h1-6H. The van der Waals surface area contributed by atoms with Gasteiger partial charge >= 0.3 is 6.18 Å². The summed E-state index contributed by atoms with van der Waals surface area (Å²) in [7, 11) is 0. The highest BCUT2D eigenvalue weighted by Gasteiger charge is 2.35. The average Bonchev–Trinajstić information content (AvgIpc) is 2.40. The van der Waals surface area contributed by atoms with Crippen LogP contribution in [0.2, 0.25) is 0 Å². The molecule has 0 aliphatic rings. The summed E-state index contributed by atoms with van der Waals surface area (Å²) in [5.74, 6) is -0.390. The molecule has 0 saturated heterocycles. The SMILES string of the molecule is N#Cc1ccc(Oc2ncccc2Br)c(C(F)(F)F)c1. The van der Waals surface area contributed by atoms with Crippen LogP contribution in [0.5, 0.6) is 11.6 Å². The summed E-state index contributed by atoms with van der Waals surface area (Å²) in [6.07, 6.45) is -3.22. The van der Waals surface area contributed by atoms with Gasteiger partial charge in [-0.2, -0.15) is 18.4 Å². The van der Waals surface area contributed by atoms with Crippen LogP contribution in [0, 0.1) is 11.3 Å². The van der Waals surface area contributed by atoms with Crippen LogP contribution < -0.4 is 4.74 Å². The summed E-state index contributed by atoms with van der Waals surface area (Å²) in [5, 5.41) is 8.67. The zero-order valence-electron chi connectivity index (χ0n) is 9.78. The van der Waals surface area contributed by atoms with Crippen molar-refractivity contribution in [3.63, 3.8) is 0 Å². The second kappa shape index (κ2) is 5.51. The smallest absolute Gasteiger partial charge is 0.420 e. The van der Waals surface area contributed by atoms with Gasteiger partial charge in [0.25, 0.3) is 0 Å². The first-order valence-corrected chi connectivity index (χ1v) is 6.11. The van der Waals surface area contributed by atoms with E-state index in [1.54, 1.807) is 18.2 Å². The number of halogens is 4. The molecule has 0 atom stereocenters. The topological polar surface area (TPSA) is 45.9 Å². The molecule has 2 rings (SSSR count). The summed E-state index contributed by atoms with van der Waals surface area (Å²) in [5.41, 5.74) is -1.11. The second-order valence-electron chi connectivity index (χ2n) is 3.71. The number of hydrogen-bond donors (Lipinski definition) is 0. The quantitative estimate of drug-likeness (QED) is 0.805. The van der Waals surface area contributed by atoms with Gasteiger partial charge in [-0.05, 0) is 46.3 Å². The van der Waals surface area contributed by atoms with Gasteiger partial charge in [-0.3, -0.25) is 0 Å². The number of hydrogen-bond acceptors (Lipinski definition) is 3. The molecule has 0 aliphatic heterocycles. The second-order valence-corrected chi connectivity index (χ2v) is 4.57. The lowest BCUT2D eigenvalue weighted by Crippen LogP contribution is -2.08. The van der Waals surface area contributed by atoms with Crippen molar-refractivity contribution in [3.8, 4) is 17.7 Å². The molecule has 0 radical (unpaired) electrons. The van der Waals surface area contributed by atoms with Gasteiger partial charge in [0.15, 0.2) is 0 Å². The summed E-state index contributed by atoms with van der Waals surface area (Å²) >= 11 is 3.14. The highest BCUT2D eigenvalue weighted by molar-refractivity contribution is 9.10. The molecule has 0 fully saturated rings. The molecule has 1 heterocycles. The molecule has 1 aromatic heterocycles. The van der Waals surface area contributed by atoms with Crippen LogP contribution in [0.3, 0.4) is 0 Å². The van der Waals surface area contributed by atoms with E-state index in [1.165, 1.54) is 12.3 Å². The predicted molar refractivity (Wildman–Crippen MR) is 68.2 cm³/mol. The Labute approximate surface area is 120 Å². The molecule has 0 unspecified atom stereocenters. The van der Waals surface area contributed by atoms with Gasteiger partial charge in [0.2, 0.25) is 5.88 Å². The number of nitrogens with zero attached hydrogens (tertiary/aromatic N) is 2. The molecule has 2 aromatic rings. The fraction of sp³-hybridized carbons (Fsp3) is 0.0769. The molecular formula is C13H6BrF3N2O. The van der Waals surface area contributed by atoms with Crippen molar-refractivity contribution in [2.75, 3.05) is 0 Å². The number of nitriles is 1. The first kappa shape index (κ1) is 14.3. The Balaban J connectivity index is 2.47. The van der Waals surface area contributed by atoms with Crippen LogP contribution in [-0.2, 0) is 6.18 Å². The van der Waals surface area contributed by atoms with Gasteiger partial charge in [-0.1, -0.05) is 0 Å². The van der Waals surface area contributed by atoms with Crippen molar-refractivity contribution in [1.29, 1.82) is 5.26 Å². The van der Waals surface area contributed by atoms with Crippen LogP contribution in [0.25, 0.3) is 0 Å². The van der Waals surface area contributed by atoms with E-state index in [9.17, 15) is 13.2 Å². The van der Waals surface area contributed by atoms with Crippen molar-refractivity contribution in [2.24, 2.45) is 0 Å². The van der Waals surface area contributed by atoms with E-state index in [0.29, 0.717) is 4.47 Å². The third kappa shape index (κ3) is 3.08. The largest absolute Gasteiger partial charge is 0.437 e. The Morgan fingerprint density at radius 1 is 1.25 bits per heavy atom. The Bertz CT molecular complexity index is 680. The summed E-state index contributed by atoms with van der Waals surface area (Å²) in [6, 6.07) is 7.96. The molecule has 0 aliphatic carbocycles. The first-order chi connectivity index (χ1) is 9.41. The molecular weight excluding hydrogens is 337 g/mol. The zero-order chi connectivity index (χ0) is 14.8. The maximum atomic E-state index is 12.9. The molecule has 1 aromatic carbocycles. The van der Waals surface area contributed by atoms with E-state index < -0.39 is 17.5 Å². The normalized spacial score (nSPS) is 10.9. The van der Waals surface area contributed by atoms with Crippen LogP contribution >= 0.6 is 15.9 Å². The Hall–Kier alpha value is -2.07. The minimum atomic E-state index is -4.62. The first-order valence-electron chi connectivity index (χ1n) is 5.31. The Kier molecular flexibility index (Phi) is 3.95. The lowest BCUT2D eigenvalue weighted by atomic mass is 10.1. The van der Waals surface area contributed by atoms with Crippen molar-refractivity contribution < 1.29 is 17.9 Å². The van der Waals surface area contributed by atoms with Gasteiger partial charge in [-0.15, -0.1) is 0 Å². The Morgan fingerprint density at radius 3 is 2.60 bits per heavy atom. The summed E-state index contributed by atoms with van der Waals surface area (Å²) in [4.78, 5) is 3.84. The van der Waals surface area contributed by atoms with Crippen molar-refractivity contribution >= 4 is 15.9 Å². The van der Waals surface area contributed by atoms with Crippen molar-refractivity contribution in [2.45, 2.75) is 6.18 Å². The molecule has 0 bridgehead atoms. The molecule has 0 spiro atoms.